The number of carbonyl (C=O) groups is 1. The average molecular weight is 576 g/mol. The van der Waals surface area contributed by atoms with E-state index in [-0.39, 0.29) is 42.2 Å². The quantitative estimate of drug-likeness (QED) is 0.208. The SMILES string of the molecule is CCCOc1ccc(CNC(=NC)NCCc2ccc(NC(C)=O)cc2)c(OC(F)F)c1.I. The first kappa shape index (κ1) is 28.4. The van der Waals surface area contributed by atoms with E-state index in [0.29, 0.717) is 30.4 Å². The van der Waals surface area contributed by atoms with E-state index >= 15 is 0 Å². The Bertz CT molecular complexity index is 896. The Morgan fingerprint density at radius 2 is 1.85 bits per heavy atom. The van der Waals surface area contributed by atoms with Gasteiger partial charge in [-0.05, 0) is 42.7 Å². The number of hydrogen-bond acceptors (Lipinski definition) is 4. The normalized spacial score (nSPS) is 10.9. The van der Waals surface area contributed by atoms with Gasteiger partial charge in [0.1, 0.15) is 11.5 Å². The van der Waals surface area contributed by atoms with Crippen molar-refractivity contribution in [3.05, 3.63) is 53.6 Å². The summed E-state index contributed by atoms with van der Waals surface area (Å²) in [6.45, 7) is 1.87. The number of halogens is 3. The van der Waals surface area contributed by atoms with E-state index in [9.17, 15) is 13.6 Å². The number of guanidine groups is 1. The molecule has 2 aromatic rings. The van der Waals surface area contributed by atoms with Crippen molar-refractivity contribution in [2.24, 2.45) is 4.99 Å². The van der Waals surface area contributed by atoms with E-state index in [1.54, 1.807) is 19.2 Å². The number of carbonyl (C=O) groups excluding carboxylic acids is 1. The van der Waals surface area contributed by atoms with Crippen molar-refractivity contribution in [3.8, 4) is 11.5 Å². The summed E-state index contributed by atoms with van der Waals surface area (Å²) in [4.78, 5) is 15.2. The summed E-state index contributed by atoms with van der Waals surface area (Å²) in [6.07, 6.45) is 1.56. The largest absolute Gasteiger partial charge is 0.493 e. The van der Waals surface area contributed by atoms with Crippen molar-refractivity contribution >= 4 is 41.5 Å². The van der Waals surface area contributed by atoms with Gasteiger partial charge in [0.15, 0.2) is 5.96 Å². The molecule has 0 aliphatic carbocycles. The van der Waals surface area contributed by atoms with Gasteiger partial charge in [0.25, 0.3) is 0 Å². The standard InChI is InChI=1S/C23H30F2N4O3.HI/c1-4-13-31-20-10-7-18(21(14-20)32-22(24)25)15-28-23(26-3)27-12-11-17-5-8-19(9-6-17)29-16(2)30;/h5-10,14,22H,4,11-13,15H2,1-3H3,(H,29,30)(H2,26,27,28);1H. The minimum absolute atomic E-state index is 0. The number of aliphatic imine (C=N–C) groups is 1. The molecule has 0 aliphatic heterocycles. The molecule has 0 heterocycles. The zero-order chi connectivity index (χ0) is 23.3. The molecular weight excluding hydrogens is 545 g/mol. The highest BCUT2D eigenvalue weighted by Crippen LogP contribution is 2.26. The fraction of sp³-hybridized carbons (Fsp3) is 0.391. The summed E-state index contributed by atoms with van der Waals surface area (Å²) in [7, 11) is 1.63. The van der Waals surface area contributed by atoms with E-state index < -0.39 is 6.61 Å². The summed E-state index contributed by atoms with van der Waals surface area (Å²) in [6, 6.07) is 12.5. The van der Waals surface area contributed by atoms with E-state index in [4.69, 9.17) is 4.74 Å². The number of nitrogens with zero attached hydrogens (tertiary/aromatic N) is 1. The van der Waals surface area contributed by atoms with Crippen LogP contribution in [0.5, 0.6) is 11.5 Å². The number of nitrogens with one attached hydrogen (secondary N) is 3. The highest BCUT2D eigenvalue weighted by Gasteiger charge is 2.12. The Labute approximate surface area is 210 Å². The number of ether oxygens (including phenoxy) is 2. The molecule has 2 aromatic carbocycles. The minimum Gasteiger partial charge on any atom is -0.493 e. The van der Waals surface area contributed by atoms with Gasteiger partial charge in [0.05, 0.1) is 6.61 Å². The molecule has 0 saturated heterocycles. The molecule has 3 N–H and O–H groups in total. The van der Waals surface area contributed by atoms with Crippen LogP contribution in [0.3, 0.4) is 0 Å². The van der Waals surface area contributed by atoms with Crippen LogP contribution < -0.4 is 25.4 Å². The molecule has 1 amide bonds. The molecule has 0 unspecified atom stereocenters. The molecule has 10 heteroatoms. The summed E-state index contributed by atoms with van der Waals surface area (Å²) >= 11 is 0. The number of hydrogen-bond donors (Lipinski definition) is 3. The number of amides is 1. The Hall–Kier alpha value is -2.63. The molecule has 0 bridgehead atoms. The van der Waals surface area contributed by atoms with Crippen molar-refractivity contribution < 1.29 is 23.0 Å². The van der Waals surface area contributed by atoms with Gasteiger partial charge < -0.3 is 25.4 Å². The zero-order valence-corrected chi connectivity index (χ0v) is 21.3. The third kappa shape index (κ3) is 10.7. The number of benzene rings is 2. The second-order valence-corrected chi connectivity index (χ2v) is 6.98. The highest BCUT2D eigenvalue weighted by molar-refractivity contribution is 14.0. The predicted octanol–water partition coefficient (Wildman–Crippen LogP) is 4.56. The summed E-state index contributed by atoms with van der Waals surface area (Å²) < 4.78 is 35.8. The minimum atomic E-state index is -2.93. The van der Waals surface area contributed by atoms with Crippen LogP contribution in [0.15, 0.2) is 47.5 Å². The van der Waals surface area contributed by atoms with Gasteiger partial charge in [-0.1, -0.05) is 19.1 Å². The maximum Gasteiger partial charge on any atom is 0.387 e. The third-order valence-electron chi connectivity index (χ3n) is 4.38. The molecule has 7 nitrogen and oxygen atoms in total. The molecule has 0 atom stereocenters. The molecule has 0 spiro atoms. The van der Waals surface area contributed by atoms with Gasteiger partial charge in [0, 0.05) is 44.4 Å². The van der Waals surface area contributed by atoms with Crippen LogP contribution in [0.1, 0.15) is 31.4 Å². The first-order valence-electron chi connectivity index (χ1n) is 10.4. The Morgan fingerprint density at radius 1 is 1.12 bits per heavy atom. The van der Waals surface area contributed by atoms with Crippen LogP contribution in [0.4, 0.5) is 14.5 Å². The fourth-order valence-corrected chi connectivity index (χ4v) is 2.88. The maximum atomic E-state index is 12.8. The third-order valence-corrected chi connectivity index (χ3v) is 4.38. The zero-order valence-electron chi connectivity index (χ0n) is 19.0. The van der Waals surface area contributed by atoms with E-state index in [0.717, 1.165) is 24.1 Å². The lowest BCUT2D eigenvalue weighted by atomic mass is 10.1. The van der Waals surface area contributed by atoms with E-state index in [2.05, 4.69) is 25.7 Å². The first-order valence-corrected chi connectivity index (χ1v) is 10.4. The molecule has 2 rings (SSSR count). The van der Waals surface area contributed by atoms with E-state index in [1.807, 2.05) is 31.2 Å². The average Bonchev–Trinajstić information content (AvgIpc) is 2.76. The van der Waals surface area contributed by atoms with Crippen molar-refractivity contribution in [3.63, 3.8) is 0 Å². The van der Waals surface area contributed by atoms with Crippen LogP contribution in [0.2, 0.25) is 0 Å². The van der Waals surface area contributed by atoms with Gasteiger partial charge in [-0.25, -0.2) is 0 Å². The fourth-order valence-electron chi connectivity index (χ4n) is 2.88. The highest BCUT2D eigenvalue weighted by atomic mass is 127. The Morgan fingerprint density at radius 3 is 2.45 bits per heavy atom. The molecule has 33 heavy (non-hydrogen) atoms. The predicted molar refractivity (Wildman–Crippen MR) is 137 cm³/mol. The second kappa shape index (κ2) is 15.3. The number of rotatable bonds is 11. The van der Waals surface area contributed by atoms with Crippen molar-refractivity contribution in [1.82, 2.24) is 10.6 Å². The van der Waals surface area contributed by atoms with Crippen LogP contribution in [0.25, 0.3) is 0 Å². The Kier molecular flexibility index (Phi) is 13.1. The van der Waals surface area contributed by atoms with Crippen LogP contribution in [0, 0.1) is 0 Å². The van der Waals surface area contributed by atoms with Crippen molar-refractivity contribution in [2.75, 3.05) is 25.5 Å². The van der Waals surface area contributed by atoms with Crippen LogP contribution >= 0.6 is 24.0 Å². The van der Waals surface area contributed by atoms with Gasteiger partial charge >= 0.3 is 6.61 Å². The number of alkyl halides is 2. The van der Waals surface area contributed by atoms with Crippen molar-refractivity contribution in [1.29, 1.82) is 0 Å². The lowest BCUT2D eigenvalue weighted by molar-refractivity contribution is -0.114. The summed E-state index contributed by atoms with van der Waals surface area (Å²) in [5, 5.41) is 9.02. The second-order valence-electron chi connectivity index (χ2n) is 6.98. The molecule has 182 valence electrons. The van der Waals surface area contributed by atoms with Gasteiger partial charge in [-0.2, -0.15) is 8.78 Å². The van der Waals surface area contributed by atoms with Crippen LogP contribution in [-0.2, 0) is 17.8 Å². The smallest absolute Gasteiger partial charge is 0.387 e. The lowest BCUT2D eigenvalue weighted by Crippen LogP contribution is -2.38. The first-order chi connectivity index (χ1) is 15.4. The summed E-state index contributed by atoms with van der Waals surface area (Å²) in [5.74, 6) is 0.975. The maximum absolute atomic E-state index is 12.8. The number of anilines is 1. The topological polar surface area (TPSA) is 84.0 Å². The molecule has 0 aliphatic rings. The monoisotopic (exact) mass is 576 g/mol. The summed E-state index contributed by atoms with van der Waals surface area (Å²) in [5.41, 5.74) is 2.41. The molecule has 0 aromatic heterocycles. The van der Waals surface area contributed by atoms with Crippen LogP contribution in [-0.4, -0.2) is 38.7 Å². The molecule has 0 saturated carbocycles. The van der Waals surface area contributed by atoms with E-state index in [1.165, 1.54) is 13.0 Å². The van der Waals surface area contributed by atoms with Gasteiger partial charge in [-0.15, -0.1) is 24.0 Å². The van der Waals surface area contributed by atoms with Gasteiger partial charge in [-0.3, -0.25) is 9.79 Å². The lowest BCUT2D eigenvalue weighted by Gasteiger charge is -2.16. The molecular formula is C23H31F2IN4O3. The molecule has 0 fully saturated rings. The molecule has 0 radical (unpaired) electrons. The van der Waals surface area contributed by atoms with Gasteiger partial charge in [0.2, 0.25) is 5.91 Å². The Balaban J connectivity index is 0.00000544. The van der Waals surface area contributed by atoms with Crippen molar-refractivity contribution in [2.45, 2.75) is 39.8 Å².